The number of hydrogen-bond donors (Lipinski definition) is 3. The van der Waals surface area contributed by atoms with Gasteiger partial charge in [-0.3, -0.25) is 9.48 Å². The molecule has 9 heteroatoms. The molecule has 1 atom stereocenters. The number of rotatable bonds is 9. The fourth-order valence-corrected chi connectivity index (χ4v) is 4.37. The van der Waals surface area contributed by atoms with Gasteiger partial charge in [0.2, 0.25) is 5.91 Å². The first-order valence-electron chi connectivity index (χ1n) is 11.5. The number of carboxylic acids is 1. The number of anilines is 1. The highest BCUT2D eigenvalue weighted by atomic mass is 16.5. The van der Waals surface area contributed by atoms with E-state index >= 15 is 0 Å². The number of nitrogens with one attached hydrogen (secondary N) is 2. The van der Waals surface area contributed by atoms with E-state index in [1.54, 1.807) is 7.05 Å². The van der Waals surface area contributed by atoms with Gasteiger partial charge in [0.25, 0.3) is 0 Å². The molecule has 0 bridgehead atoms. The summed E-state index contributed by atoms with van der Waals surface area (Å²) in [5, 5.41) is 18.3. The van der Waals surface area contributed by atoms with Crippen molar-refractivity contribution in [1.29, 1.82) is 0 Å². The van der Waals surface area contributed by atoms with Gasteiger partial charge in [0.05, 0.1) is 0 Å². The number of carbonyl (C=O) groups excluding carboxylic acids is 2. The Kier molecular flexibility index (Phi) is 7.14. The maximum Gasteiger partial charge on any atom is 0.407 e. The average Bonchev–Trinajstić information content (AvgIpc) is 3.35. The fraction of sp³-hybridized carbons (Fsp3) is 0.308. The molecule has 1 aliphatic carbocycles. The summed E-state index contributed by atoms with van der Waals surface area (Å²) in [6.45, 7) is 2.53. The molecule has 0 aliphatic heterocycles. The van der Waals surface area contributed by atoms with E-state index in [-0.39, 0.29) is 36.5 Å². The van der Waals surface area contributed by atoms with Crippen LogP contribution in [0.1, 0.15) is 47.3 Å². The molecule has 1 aromatic heterocycles. The largest absolute Gasteiger partial charge is 0.476 e. The van der Waals surface area contributed by atoms with Crippen molar-refractivity contribution in [3.05, 3.63) is 71.4 Å². The van der Waals surface area contributed by atoms with Crippen LogP contribution in [0.3, 0.4) is 0 Å². The molecule has 2 amide bonds. The van der Waals surface area contributed by atoms with Gasteiger partial charge >= 0.3 is 12.1 Å². The lowest BCUT2D eigenvalue weighted by atomic mass is 9.98. The van der Waals surface area contributed by atoms with Crippen LogP contribution in [0.2, 0.25) is 0 Å². The Hall–Kier alpha value is -4.14. The average molecular weight is 477 g/mol. The molecular weight excluding hydrogens is 448 g/mol. The molecule has 182 valence electrons. The smallest absolute Gasteiger partial charge is 0.407 e. The maximum atomic E-state index is 12.3. The summed E-state index contributed by atoms with van der Waals surface area (Å²) < 4.78 is 6.84. The molecule has 0 spiro atoms. The fourth-order valence-electron chi connectivity index (χ4n) is 4.37. The Bertz CT molecular complexity index is 1210. The molecule has 1 aliphatic rings. The Morgan fingerprint density at radius 2 is 1.71 bits per heavy atom. The van der Waals surface area contributed by atoms with Crippen LogP contribution < -0.4 is 10.6 Å². The highest BCUT2D eigenvalue weighted by molar-refractivity contribution is 5.92. The second kappa shape index (κ2) is 10.4. The van der Waals surface area contributed by atoms with Gasteiger partial charge in [0, 0.05) is 32.0 Å². The number of aromatic carboxylic acids is 1. The predicted octanol–water partition coefficient (Wildman–Crippen LogP) is 4.01. The van der Waals surface area contributed by atoms with Crippen molar-refractivity contribution >= 4 is 23.8 Å². The van der Waals surface area contributed by atoms with Gasteiger partial charge in [-0.05, 0) is 34.6 Å². The third kappa shape index (κ3) is 5.51. The normalized spacial score (nSPS) is 13.0. The van der Waals surface area contributed by atoms with Gasteiger partial charge in [-0.25, -0.2) is 9.59 Å². The van der Waals surface area contributed by atoms with E-state index in [1.807, 2.05) is 31.2 Å². The molecule has 1 unspecified atom stereocenters. The van der Waals surface area contributed by atoms with Crippen LogP contribution in [0.25, 0.3) is 11.1 Å². The molecule has 0 radical (unpaired) electrons. The van der Waals surface area contributed by atoms with E-state index < -0.39 is 12.1 Å². The Labute approximate surface area is 203 Å². The number of alkyl carbamates (subject to hydrolysis) is 1. The Morgan fingerprint density at radius 1 is 1.09 bits per heavy atom. The van der Waals surface area contributed by atoms with Crippen molar-refractivity contribution in [2.45, 2.75) is 25.7 Å². The molecule has 2 aromatic carbocycles. The maximum absolute atomic E-state index is 12.3. The van der Waals surface area contributed by atoms with E-state index in [0.29, 0.717) is 18.8 Å². The summed E-state index contributed by atoms with van der Waals surface area (Å²) in [6.07, 6.45) is 0.322. The molecule has 0 fully saturated rings. The number of amides is 2. The lowest BCUT2D eigenvalue weighted by molar-refractivity contribution is -0.117. The van der Waals surface area contributed by atoms with Crippen LogP contribution in [-0.2, 0) is 16.6 Å². The molecule has 1 heterocycles. The number of benzene rings is 2. The highest BCUT2D eigenvalue weighted by Crippen LogP contribution is 2.44. The zero-order chi connectivity index (χ0) is 24.9. The van der Waals surface area contributed by atoms with Crippen LogP contribution in [0.15, 0.2) is 54.6 Å². The first-order valence-corrected chi connectivity index (χ1v) is 11.5. The quantitative estimate of drug-likeness (QED) is 0.429. The molecule has 9 nitrogen and oxygen atoms in total. The zero-order valence-electron chi connectivity index (χ0n) is 19.7. The number of ether oxygens (including phenoxy) is 1. The van der Waals surface area contributed by atoms with Crippen LogP contribution in [0.5, 0.6) is 0 Å². The Balaban J connectivity index is 1.21. The lowest BCUT2D eigenvalue weighted by Crippen LogP contribution is -2.28. The summed E-state index contributed by atoms with van der Waals surface area (Å²) >= 11 is 0. The standard InChI is InChI=1S/C26H28N4O5/c1-16(13-24(31)28-23-14-22(25(32)33)29-30(23)2)11-12-27-26(34)35-15-21-19-9-5-3-7-17(19)18-8-4-6-10-20(18)21/h3-10,14,16,21H,11-13,15H2,1-2H3,(H,27,34)(H,28,31)(H,32,33). The van der Waals surface area contributed by atoms with Crippen LogP contribution in [0.4, 0.5) is 10.6 Å². The monoisotopic (exact) mass is 476 g/mol. The van der Waals surface area contributed by atoms with Crippen LogP contribution >= 0.6 is 0 Å². The molecule has 0 saturated heterocycles. The third-order valence-corrected chi connectivity index (χ3v) is 6.15. The van der Waals surface area contributed by atoms with Crippen LogP contribution in [-0.4, -0.2) is 46.0 Å². The molecule has 3 N–H and O–H groups in total. The molecule has 4 rings (SSSR count). The topological polar surface area (TPSA) is 123 Å². The lowest BCUT2D eigenvalue weighted by Gasteiger charge is -2.15. The van der Waals surface area contributed by atoms with E-state index in [1.165, 1.54) is 21.9 Å². The first-order chi connectivity index (χ1) is 16.8. The minimum atomic E-state index is -1.16. The molecule has 3 aromatic rings. The van der Waals surface area contributed by atoms with Gasteiger partial charge in [0.1, 0.15) is 12.4 Å². The van der Waals surface area contributed by atoms with Gasteiger partial charge < -0.3 is 20.5 Å². The SMILES string of the molecule is CC(CCNC(=O)OCC1c2ccccc2-c2ccccc21)CC(=O)Nc1cc(C(=O)O)nn1C. The first kappa shape index (κ1) is 24.0. The van der Waals surface area contributed by atoms with Crippen molar-refractivity contribution in [1.82, 2.24) is 15.1 Å². The van der Waals surface area contributed by atoms with Gasteiger partial charge in [-0.2, -0.15) is 5.10 Å². The molecule has 35 heavy (non-hydrogen) atoms. The van der Waals surface area contributed by atoms with Crippen molar-refractivity contribution in [3.8, 4) is 11.1 Å². The number of carboxylic acid groups (broad SMARTS) is 1. The molecule has 0 saturated carbocycles. The second-order valence-electron chi connectivity index (χ2n) is 8.74. The number of hydrogen-bond acceptors (Lipinski definition) is 5. The Morgan fingerprint density at radius 3 is 2.31 bits per heavy atom. The summed E-state index contributed by atoms with van der Waals surface area (Å²) in [6, 6.07) is 17.6. The minimum Gasteiger partial charge on any atom is -0.476 e. The molecular formula is C26H28N4O5. The number of aryl methyl sites for hydroxylation is 1. The highest BCUT2D eigenvalue weighted by Gasteiger charge is 2.29. The van der Waals surface area contributed by atoms with Crippen molar-refractivity contribution in [2.24, 2.45) is 13.0 Å². The zero-order valence-corrected chi connectivity index (χ0v) is 19.7. The summed E-state index contributed by atoms with van der Waals surface area (Å²) in [7, 11) is 1.56. The van der Waals surface area contributed by atoms with Crippen molar-refractivity contribution in [3.63, 3.8) is 0 Å². The van der Waals surface area contributed by atoms with Gasteiger partial charge in [0.15, 0.2) is 5.69 Å². The van der Waals surface area contributed by atoms with E-state index in [9.17, 15) is 14.4 Å². The summed E-state index contributed by atoms with van der Waals surface area (Å²) in [5.41, 5.74) is 4.53. The summed E-state index contributed by atoms with van der Waals surface area (Å²) in [5.74, 6) is -1.09. The van der Waals surface area contributed by atoms with Crippen molar-refractivity contribution in [2.75, 3.05) is 18.5 Å². The second-order valence-corrected chi connectivity index (χ2v) is 8.74. The van der Waals surface area contributed by atoms with Crippen molar-refractivity contribution < 1.29 is 24.2 Å². The third-order valence-electron chi connectivity index (χ3n) is 6.15. The van der Waals surface area contributed by atoms with Gasteiger partial charge in [-0.15, -0.1) is 0 Å². The van der Waals surface area contributed by atoms with E-state index in [0.717, 1.165) is 11.1 Å². The van der Waals surface area contributed by atoms with Gasteiger partial charge in [-0.1, -0.05) is 55.5 Å². The number of aromatic nitrogens is 2. The number of nitrogens with zero attached hydrogens (tertiary/aromatic N) is 2. The number of fused-ring (bicyclic) bond motifs is 3. The minimum absolute atomic E-state index is 0.00365. The van der Waals surface area contributed by atoms with Crippen LogP contribution in [0, 0.1) is 5.92 Å². The number of carbonyl (C=O) groups is 3. The van der Waals surface area contributed by atoms with E-state index in [4.69, 9.17) is 9.84 Å². The van der Waals surface area contributed by atoms with E-state index in [2.05, 4.69) is 40.0 Å². The summed E-state index contributed by atoms with van der Waals surface area (Å²) in [4.78, 5) is 35.6. The predicted molar refractivity (Wildman–Crippen MR) is 130 cm³/mol.